The molecule has 0 heterocycles. The van der Waals surface area contributed by atoms with Gasteiger partial charge in [0.1, 0.15) is 5.82 Å². The zero-order valence-electron chi connectivity index (χ0n) is 8.06. The monoisotopic (exact) mass is 257 g/mol. The molecule has 1 N–H and O–H groups in total. The van der Waals surface area contributed by atoms with E-state index in [0.29, 0.717) is 10.5 Å². The Hall–Kier alpha value is -0.570. The van der Waals surface area contributed by atoms with Gasteiger partial charge in [-0.3, -0.25) is 0 Å². The number of hydrogen-bond acceptors (Lipinski definition) is 1. The van der Waals surface area contributed by atoms with E-state index >= 15 is 0 Å². The predicted octanol–water partition coefficient (Wildman–Crippen LogP) is 3.80. The highest BCUT2D eigenvalue weighted by Crippen LogP contribution is 2.30. The largest absolute Gasteiger partial charge is 0.382 e. The molecule has 0 aliphatic heterocycles. The van der Waals surface area contributed by atoms with Gasteiger partial charge in [0.05, 0.1) is 4.47 Å². The number of anilines is 1. The molecule has 1 aliphatic rings. The van der Waals surface area contributed by atoms with Crippen molar-refractivity contribution in [2.45, 2.75) is 25.8 Å². The molecule has 1 fully saturated rings. The molecule has 1 aliphatic carbocycles. The standard InChI is InChI=1S/C11H13BrFN/c1-7-4-9(5-7)14-8-2-3-10(12)11(13)6-8/h2-3,6-7,9,14H,4-5H2,1H3. The van der Waals surface area contributed by atoms with Gasteiger partial charge in [0.2, 0.25) is 0 Å². The predicted molar refractivity (Wildman–Crippen MR) is 59.9 cm³/mol. The second-order valence-electron chi connectivity index (χ2n) is 4.05. The molecular formula is C11H13BrFN. The first-order valence-corrected chi connectivity index (χ1v) is 5.66. The van der Waals surface area contributed by atoms with E-state index in [2.05, 4.69) is 28.2 Å². The average Bonchev–Trinajstić information content (AvgIpc) is 2.09. The van der Waals surface area contributed by atoms with Gasteiger partial charge in [0.25, 0.3) is 0 Å². The van der Waals surface area contributed by atoms with Crippen molar-refractivity contribution in [3.05, 3.63) is 28.5 Å². The van der Waals surface area contributed by atoms with Crippen LogP contribution in [0.4, 0.5) is 10.1 Å². The molecule has 1 aromatic rings. The van der Waals surface area contributed by atoms with Crippen molar-refractivity contribution in [3.63, 3.8) is 0 Å². The summed E-state index contributed by atoms with van der Waals surface area (Å²) in [6.45, 7) is 2.24. The summed E-state index contributed by atoms with van der Waals surface area (Å²) in [6.07, 6.45) is 2.38. The number of rotatable bonds is 2. The Morgan fingerprint density at radius 3 is 2.71 bits per heavy atom. The van der Waals surface area contributed by atoms with E-state index in [1.54, 1.807) is 6.07 Å². The van der Waals surface area contributed by atoms with Crippen LogP contribution in [0.2, 0.25) is 0 Å². The number of halogens is 2. The third-order valence-corrected chi connectivity index (χ3v) is 3.31. The fraction of sp³-hybridized carbons (Fsp3) is 0.455. The molecule has 14 heavy (non-hydrogen) atoms. The van der Waals surface area contributed by atoms with Crippen molar-refractivity contribution >= 4 is 21.6 Å². The van der Waals surface area contributed by atoms with Gasteiger partial charge in [0, 0.05) is 11.7 Å². The van der Waals surface area contributed by atoms with Gasteiger partial charge in [-0.25, -0.2) is 4.39 Å². The van der Waals surface area contributed by atoms with Crippen molar-refractivity contribution in [2.24, 2.45) is 5.92 Å². The fourth-order valence-corrected chi connectivity index (χ4v) is 2.09. The molecule has 2 rings (SSSR count). The van der Waals surface area contributed by atoms with Crippen molar-refractivity contribution in [3.8, 4) is 0 Å². The molecule has 0 saturated heterocycles. The minimum absolute atomic E-state index is 0.206. The zero-order chi connectivity index (χ0) is 10.1. The highest BCUT2D eigenvalue weighted by Gasteiger charge is 2.24. The number of hydrogen-bond donors (Lipinski definition) is 1. The molecule has 1 saturated carbocycles. The normalized spacial score (nSPS) is 25.6. The van der Waals surface area contributed by atoms with Crippen molar-refractivity contribution in [1.29, 1.82) is 0 Å². The van der Waals surface area contributed by atoms with Crippen LogP contribution in [0.5, 0.6) is 0 Å². The summed E-state index contributed by atoms with van der Waals surface area (Å²) in [4.78, 5) is 0. The maximum Gasteiger partial charge on any atom is 0.139 e. The Balaban J connectivity index is 2.00. The van der Waals surface area contributed by atoms with Gasteiger partial charge < -0.3 is 5.32 Å². The SMILES string of the molecule is CC1CC(Nc2ccc(Br)c(F)c2)C1. The molecule has 0 atom stereocenters. The van der Waals surface area contributed by atoms with Gasteiger partial charge in [-0.2, -0.15) is 0 Å². The van der Waals surface area contributed by atoms with Crippen molar-refractivity contribution in [1.82, 2.24) is 0 Å². The fourth-order valence-electron chi connectivity index (χ4n) is 1.84. The first-order chi connectivity index (χ1) is 6.65. The van der Waals surface area contributed by atoms with Crippen LogP contribution in [0.3, 0.4) is 0 Å². The first-order valence-electron chi connectivity index (χ1n) is 4.87. The molecule has 1 aromatic carbocycles. The summed E-state index contributed by atoms with van der Waals surface area (Å²) in [5.41, 5.74) is 0.877. The Kier molecular flexibility index (Phi) is 2.77. The summed E-state index contributed by atoms with van der Waals surface area (Å²) in [6, 6.07) is 5.70. The Morgan fingerprint density at radius 2 is 2.14 bits per heavy atom. The second kappa shape index (κ2) is 3.89. The van der Waals surface area contributed by atoms with Crippen LogP contribution in [0, 0.1) is 11.7 Å². The van der Waals surface area contributed by atoms with E-state index in [-0.39, 0.29) is 5.82 Å². The molecule has 1 nitrogen and oxygen atoms in total. The quantitative estimate of drug-likeness (QED) is 0.850. The molecule has 0 spiro atoms. The van der Waals surface area contributed by atoms with Crippen LogP contribution in [0.1, 0.15) is 19.8 Å². The lowest BCUT2D eigenvalue weighted by Gasteiger charge is -2.34. The lowest BCUT2D eigenvalue weighted by molar-refractivity contribution is 0.309. The van der Waals surface area contributed by atoms with Gasteiger partial charge in [0.15, 0.2) is 0 Å². The van der Waals surface area contributed by atoms with E-state index in [1.807, 2.05) is 6.07 Å². The third-order valence-electron chi connectivity index (χ3n) is 2.66. The third kappa shape index (κ3) is 2.08. The lowest BCUT2D eigenvalue weighted by Crippen LogP contribution is -2.33. The van der Waals surface area contributed by atoms with Crippen molar-refractivity contribution in [2.75, 3.05) is 5.32 Å². The van der Waals surface area contributed by atoms with Crippen molar-refractivity contribution < 1.29 is 4.39 Å². The molecule has 0 unspecified atom stereocenters. The minimum Gasteiger partial charge on any atom is -0.382 e. The van der Waals surface area contributed by atoms with Crippen LogP contribution in [-0.2, 0) is 0 Å². The van der Waals surface area contributed by atoms with Crippen LogP contribution in [0.25, 0.3) is 0 Å². The Morgan fingerprint density at radius 1 is 1.43 bits per heavy atom. The van der Waals surface area contributed by atoms with Gasteiger partial charge in [-0.1, -0.05) is 6.92 Å². The molecule has 3 heteroatoms. The lowest BCUT2D eigenvalue weighted by atomic mass is 9.82. The smallest absolute Gasteiger partial charge is 0.139 e. The Labute approximate surface area is 91.8 Å². The molecule has 0 aromatic heterocycles. The highest BCUT2D eigenvalue weighted by molar-refractivity contribution is 9.10. The summed E-state index contributed by atoms with van der Waals surface area (Å²) in [7, 11) is 0. The second-order valence-corrected chi connectivity index (χ2v) is 4.90. The van der Waals surface area contributed by atoms with Gasteiger partial charge in [-0.05, 0) is 52.9 Å². The minimum atomic E-state index is -0.206. The van der Waals surface area contributed by atoms with Crippen LogP contribution < -0.4 is 5.32 Å². The topological polar surface area (TPSA) is 12.0 Å². The number of benzene rings is 1. The molecule has 0 radical (unpaired) electrons. The van der Waals surface area contributed by atoms with Crippen LogP contribution >= 0.6 is 15.9 Å². The summed E-state index contributed by atoms with van der Waals surface area (Å²) >= 11 is 3.13. The van der Waals surface area contributed by atoms with E-state index in [9.17, 15) is 4.39 Å². The number of nitrogens with one attached hydrogen (secondary N) is 1. The summed E-state index contributed by atoms with van der Waals surface area (Å²) < 4.78 is 13.7. The van der Waals surface area contributed by atoms with E-state index in [0.717, 1.165) is 11.6 Å². The van der Waals surface area contributed by atoms with E-state index in [1.165, 1.54) is 18.9 Å². The molecule has 0 amide bonds. The summed E-state index contributed by atoms with van der Waals surface area (Å²) in [5, 5.41) is 3.32. The van der Waals surface area contributed by atoms with E-state index < -0.39 is 0 Å². The summed E-state index contributed by atoms with van der Waals surface area (Å²) in [5.74, 6) is 0.607. The maximum atomic E-state index is 13.1. The van der Waals surface area contributed by atoms with E-state index in [4.69, 9.17) is 0 Å². The van der Waals surface area contributed by atoms with Gasteiger partial charge in [-0.15, -0.1) is 0 Å². The Bertz CT molecular complexity index is 334. The first kappa shape index (κ1) is 9.97. The molecule has 0 bridgehead atoms. The average molecular weight is 258 g/mol. The zero-order valence-corrected chi connectivity index (χ0v) is 9.64. The van der Waals surface area contributed by atoms with Crippen LogP contribution in [-0.4, -0.2) is 6.04 Å². The van der Waals surface area contributed by atoms with Gasteiger partial charge >= 0.3 is 0 Å². The highest BCUT2D eigenvalue weighted by atomic mass is 79.9. The van der Waals surface area contributed by atoms with Crippen LogP contribution in [0.15, 0.2) is 22.7 Å². The molecular weight excluding hydrogens is 245 g/mol. The molecule has 76 valence electrons. The maximum absolute atomic E-state index is 13.1.